The van der Waals surface area contributed by atoms with E-state index in [1.807, 2.05) is 6.92 Å². The predicted molar refractivity (Wildman–Crippen MR) is 96.4 cm³/mol. The van der Waals surface area contributed by atoms with Crippen molar-refractivity contribution in [3.8, 4) is 5.75 Å². The summed E-state index contributed by atoms with van der Waals surface area (Å²) in [6.45, 7) is 1.83. The van der Waals surface area contributed by atoms with E-state index in [4.69, 9.17) is 11.6 Å². The SMILES string of the molecule is Cc1ccc(NC(=O)C(=O)N/N=C/c2cc(Br)ccc2O)cc1Cl. The van der Waals surface area contributed by atoms with Gasteiger partial charge in [0.25, 0.3) is 0 Å². The first kappa shape index (κ1) is 18.0. The summed E-state index contributed by atoms with van der Waals surface area (Å²) in [5.74, 6) is -1.84. The van der Waals surface area contributed by atoms with Gasteiger partial charge in [0, 0.05) is 20.7 Å². The highest BCUT2D eigenvalue weighted by Crippen LogP contribution is 2.20. The molecule has 2 rings (SSSR count). The number of hydrogen-bond acceptors (Lipinski definition) is 4. The molecule has 0 aliphatic carbocycles. The molecule has 0 atom stereocenters. The highest BCUT2D eigenvalue weighted by molar-refractivity contribution is 9.10. The first-order valence-electron chi connectivity index (χ1n) is 6.76. The van der Waals surface area contributed by atoms with Crippen LogP contribution in [-0.4, -0.2) is 23.1 Å². The molecule has 0 aromatic heterocycles. The van der Waals surface area contributed by atoms with Crippen LogP contribution in [0.25, 0.3) is 0 Å². The summed E-state index contributed by atoms with van der Waals surface area (Å²) in [6.07, 6.45) is 1.23. The highest BCUT2D eigenvalue weighted by Gasteiger charge is 2.13. The summed E-state index contributed by atoms with van der Waals surface area (Å²) >= 11 is 9.21. The van der Waals surface area contributed by atoms with Crippen molar-refractivity contribution in [3.05, 3.63) is 57.0 Å². The number of benzene rings is 2. The second-order valence-corrected chi connectivity index (χ2v) is 6.14. The normalized spacial score (nSPS) is 10.6. The van der Waals surface area contributed by atoms with E-state index in [0.717, 1.165) is 10.0 Å². The number of phenols is 1. The minimum atomic E-state index is -0.947. The van der Waals surface area contributed by atoms with Gasteiger partial charge in [-0.25, -0.2) is 5.43 Å². The molecule has 0 bridgehead atoms. The zero-order chi connectivity index (χ0) is 17.7. The summed E-state index contributed by atoms with van der Waals surface area (Å²) in [5.41, 5.74) is 3.73. The lowest BCUT2D eigenvalue weighted by molar-refractivity contribution is -0.136. The van der Waals surface area contributed by atoms with Crippen LogP contribution in [0.15, 0.2) is 46.0 Å². The fraction of sp³-hybridized carbons (Fsp3) is 0.0625. The average Bonchev–Trinajstić information content (AvgIpc) is 2.54. The molecule has 8 heteroatoms. The molecule has 0 aliphatic heterocycles. The molecule has 0 aliphatic rings. The maximum Gasteiger partial charge on any atom is 0.329 e. The van der Waals surface area contributed by atoms with Gasteiger partial charge in [0.05, 0.1) is 6.21 Å². The molecule has 3 N–H and O–H groups in total. The van der Waals surface area contributed by atoms with Crippen molar-refractivity contribution in [2.45, 2.75) is 6.92 Å². The Kier molecular flexibility index (Phi) is 5.94. The molecule has 2 amide bonds. The van der Waals surface area contributed by atoms with Crippen LogP contribution in [0.3, 0.4) is 0 Å². The van der Waals surface area contributed by atoms with Crippen molar-refractivity contribution in [2.75, 3.05) is 5.32 Å². The lowest BCUT2D eigenvalue weighted by Crippen LogP contribution is -2.32. The Hall–Kier alpha value is -2.38. The van der Waals surface area contributed by atoms with Crippen LogP contribution in [-0.2, 0) is 9.59 Å². The summed E-state index contributed by atoms with van der Waals surface area (Å²) in [5, 5.41) is 16.2. The molecule has 0 saturated heterocycles. The van der Waals surface area contributed by atoms with Crippen molar-refractivity contribution >= 4 is 51.2 Å². The van der Waals surface area contributed by atoms with Crippen LogP contribution in [0.2, 0.25) is 5.02 Å². The Labute approximate surface area is 151 Å². The van der Waals surface area contributed by atoms with E-state index in [2.05, 4.69) is 31.8 Å². The maximum atomic E-state index is 11.8. The number of hydrogen-bond donors (Lipinski definition) is 3. The molecule has 0 fully saturated rings. The van der Waals surface area contributed by atoms with Crippen molar-refractivity contribution in [1.29, 1.82) is 0 Å². The van der Waals surface area contributed by atoms with Gasteiger partial charge >= 0.3 is 11.8 Å². The first-order chi connectivity index (χ1) is 11.4. The van der Waals surface area contributed by atoms with Gasteiger partial charge in [0.15, 0.2) is 0 Å². The molecule has 2 aromatic rings. The summed E-state index contributed by atoms with van der Waals surface area (Å²) in [6, 6.07) is 9.65. The Morgan fingerprint density at radius 1 is 1.21 bits per heavy atom. The summed E-state index contributed by atoms with van der Waals surface area (Å²) < 4.78 is 0.738. The van der Waals surface area contributed by atoms with E-state index >= 15 is 0 Å². The monoisotopic (exact) mass is 409 g/mol. The Morgan fingerprint density at radius 2 is 1.96 bits per heavy atom. The molecule has 0 heterocycles. The molecule has 2 aromatic carbocycles. The molecule has 6 nitrogen and oxygen atoms in total. The van der Waals surface area contributed by atoms with Crippen molar-refractivity contribution in [1.82, 2.24) is 5.43 Å². The van der Waals surface area contributed by atoms with Gasteiger partial charge in [-0.2, -0.15) is 5.10 Å². The third-order valence-corrected chi connectivity index (χ3v) is 3.90. The van der Waals surface area contributed by atoms with E-state index in [1.54, 1.807) is 30.3 Å². The summed E-state index contributed by atoms with van der Waals surface area (Å²) in [4.78, 5) is 23.5. The average molecular weight is 411 g/mol. The minimum Gasteiger partial charge on any atom is -0.507 e. The van der Waals surface area contributed by atoms with Crippen LogP contribution in [0, 0.1) is 6.92 Å². The van der Waals surface area contributed by atoms with E-state index in [-0.39, 0.29) is 5.75 Å². The highest BCUT2D eigenvalue weighted by atomic mass is 79.9. The molecular formula is C16H13BrClN3O3. The second kappa shape index (κ2) is 7.94. The van der Waals surface area contributed by atoms with Gasteiger partial charge in [-0.05, 0) is 42.8 Å². The number of halogens is 2. The van der Waals surface area contributed by atoms with Crippen LogP contribution >= 0.6 is 27.5 Å². The Balaban J connectivity index is 1.96. The smallest absolute Gasteiger partial charge is 0.329 e. The topological polar surface area (TPSA) is 90.8 Å². The Morgan fingerprint density at radius 3 is 2.67 bits per heavy atom. The van der Waals surface area contributed by atoms with Gasteiger partial charge in [0.1, 0.15) is 5.75 Å². The Bertz CT molecular complexity index is 824. The number of phenolic OH excluding ortho intramolecular Hbond substituents is 1. The summed E-state index contributed by atoms with van der Waals surface area (Å²) in [7, 11) is 0. The number of aryl methyl sites for hydroxylation is 1. The van der Waals surface area contributed by atoms with E-state index in [9.17, 15) is 14.7 Å². The predicted octanol–water partition coefficient (Wildman–Crippen LogP) is 3.21. The van der Waals surface area contributed by atoms with Gasteiger partial charge in [-0.3, -0.25) is 9.59 Å². The molecule has 0 radical (unpaired) electrons. The lowest BCUT2D eigenvalue weighted by atomic mass is 10.2. The molecule has 124 valence electrons. The van der Waals surface area contributed by atoms with E-state index in [0.29, 0.717) is 16.3 Å². The molecule has 0 saturated carbocycles. The zero-order valence-corrected chi connectivity index (χ0v) is 14.9. The minimum absolute atomic E-state index is 0.00468. The van der Waals surface area contributed by atoms with E-state index < -0.39 is 11.8 Å². The number of rotatable bonds is 3. The molecule has 24 heavy (non-hydrogen) atoms. The van der Waals surface area contributed by atoms with Gasteiger partial charge in [0.2, 0.25) is 0 Å². The van der Waals surface area contributed by atoms with Crippen LogP contribution in [0.5, 0.6) is 5.75 Å². The largest absolute Gasteiger partial charge is 0.507 e. The fourth-order valence-corrected chi connectivity index (χ4v) is 2.26. The molecular weight excluding hydrogens is 398 g/mol. The number of hydrazone groups is 1. The third kappa shape index (κ3) is 4.81. The standard InChI is InChI=1S/C16H13BrClN3O3/c1-9-2-4-12(7-13(9)18)20-15(23)16(24)21-19-8-10-6-11(17)3-5-14(10)22/h2-8,22H,1H3,(H,20,23)(H,21,24)/b19-8+. The second-order valence-electron chi connectivity index (χ2n) is 4.82. The van der Waals surface area contributed by atoms with Gasteiger partial charge in [-0.15, -0.1) is 0 Å². The number of carbonyl (C=O) groups is 2. The van der Waals surface area contributed by atoms with Crippen LogP contribution in [0.4, 0.5) is 5.69 Å². The number of anilines is 1. The van der Waals surface area contributed by atoms with Crippen LogP contribution in [0.1, 0.15) is 11.1 Å². The van der Waals surface area contributed by atoms with Crippen molar-refractivity contribution < 1.29 is 14.7 Å². The number of aromatic hydroxyl groups is 1. The number of nitrogens with one attached hydrogen (secondary N) is 2. The van der Waals surface area contributed by atoms with Crippen LogP contribution < -0.4 is 10.7 Å². The lowest BCUT2D eigenvalue weighted by Gasteiger charge is -2.05. The van der Waals surface area contributed by atoms with Crippen molar-refractivity contribution in [3.63, 3.8) is 0 Å². The van der Waals surface area contributed by atoms with Gasteiger partial charge in [-0.1, -0.05) is 33.6 Å². The zero-order valence-electron chi connectivity index (χ0n) is 12.5. The number of amides is 2. The fourth-order valence-electron chi connectivity index (χ4n) is 1.70. The maximum absolute atomic E-state index is 11.8. The van der Waals surface area contributed by atoms with Crippen molar-refractivity contribution in [2.24, 2.45) is 5.10 Å². The van der Waals surface area contributed by atoms with E-state index in [1.165, 1.54) is 12.3 Å². The molecule has 0 spiro atoms. The molecule has 0 unspecified atom stereocenters. The number of nitrogens with zero attached hydrogens (tertiary/aromatic N) is 1. The quantitative estimate of drug-likeness (QED) is 0.412. The van der Waals surface area contributed by atoms with Gasteiger partial charge < -0.3 is 10.4 Å². The third-order valence-electron chi connectivity index (χ3n) is 3.00. The first-order valence-corrected chi connectivity index (χ1v) is 7.93. The number of carbonyl (C=O) groups excluding carboxylic acids is 2.